The van der Waals surface area contributed by atoms with Crippen LogP contribution in [0.1, 0.15) is 125 Å². The zero-order chi connectivity index (χ0) is 61.3. The van der Waals surface area contributed by atoms with Crippen molar-refractivity contribution >= 4 is 81.7 Å². The molecule has 428 valence electrons. The zero-order valence-corrected chi connectivity index (χ0v) is 48.1. The molecule has 81 heavy (non-hydrogen) atoms. The van der Waals surface area contributed by atoms with Crippen LogP contribution in [-0.4, -0.2) is 124 Å². The van der Waals surface area contributed by atoms with Gasteiger partial charge < -0.3 is 20.3 Å². The maximum atomic E-state index is 12.2. The highest BCUT2D eigenvalue weighted by Crippen LogP contribution is 2.23. The molecule has 0 amide bonds. The standard InChI is InChI=1S/C15H14N4O2.C12H12O4.C9H12N4.C7H6O2.C5H7ClO2.C5H8O2.C3H6N4/c1-9-13(21-14(20)12-7-5-4-6-8-12)10(2)19-15(16-9)17-11(3)18-19;1-8(13)11(9(2)14)16-12(15)10-6-4-3-5-7-10;1-5-6(2)10-9-11-8(4)12-13(9)7(5)3;8-7(9)6-4-2-1-3-5-6;1-3(7)5(6)4(2)8;1-4(6)3-5(2)7;1-2-5-3(4)7-6-2/h4-8H,1-3H3;3-7,11H,1-2H3;1-4H3;1-5H,(H,8,9);5H,1-2H3;3H2,1-2H3;1H3,(H3,4,5,6,7). The van der Waals surface area contributed by atoms with Crippen molar-refractivity contribution in [2.24, 2.45) is 0 Å². The number of carboxylic acids is 1. The number of nitrogen functional groups attached to an aromatic ring is 1. The van der Waals surface area contributed by atoms with Crippen molar-refractivity contribution in [1.82, 2.24) is 54.3 Å². The van der Waals surface area contributed by atoms with Gasteiger partial charge >= 0.3 is 17.9 Å². The van der Waals surface area contributed by atoms with Gasteiger partial charge in [0.2, 0.25) is 12.1 Å². The number of benzene rings is 3. The Labute approximate surface area is 471 Å². The molecular formula is C56H65ClN12O12. The lowest BCUT2D eigenvalue weighted by Crippen LogP contribution is -2.31. The molecule has 8 rings (SSSR count). The molecule has 25 heteroatoms. The highest BCUT2D eigenvalue weighted by molar-refractivity contribution is 6.41. The average molecular weight is 1130 g/mol. The Morgan fingerprint density at radius 3 is 1.28 bits per heavy atom. The fourth-order valence-corrected chi connectivity index (χ4v) is 6.27. The summed E-state index contributed by atoms with van der Waals surface area (Å²) in [6.45, 7) is 23.0. The first-order chi connectivity index (χ1) is 37.9. The first-order valence-corrected chi connectivity index (χ1v) is 24.9. The summed E-state index contributed by atoms with van der Waals surface area (Å²) in [5, 5.41) is 22.1. The number of fused-ring (bicyclic) bond motifs is 2. The van der Waals surface area contributed by atoms with E-state index >= 15 is 0 Å². The van der Waals surface area contributed by atoms with Crippen LogP contribution >= 0.6 is 11.6 Å². The highest BCUT2D eigenvalue weighted by atomic mass is 35.5. The van der Waals surface area contributed by atoms with E-state index in [2.05, 4.69) is 45.3 Å². The van der Waals surface area contributed by atoms with Crippen molar-refractivity contribution in [2.75, 3.05) is 5.73 Å². The Morgan fingerprint density at radius 1 is 0.556 bits per heavy atom. The number of ether oxygens (including phenoxy) is 2. The van der Waals surface area contributed by atoms with Gasteiger partial charge in [-0.05, 0) is 139 Å². The molecular weight excluding hydrogens is 1070 g/mol. The molecule has 8 aromatic rings. The Hall–Kier alpha value is -9.58. The fraction of sp³-hybridized carbons (Fsp3) is 0.304. The topological polar surface area (TPSA) is 346 Å². The van der Waals surface area contributed by atoms with Crippen molar-refractivity contribution < 1.29 is 57.7 Å². The summed E-state index contributed by atoms with van der Waals surface area (Å²) < 4.78 is 13.7. The van der Waals surface area contributed by atoms with Gasteiger partial charge in [0.1, 0.15) is 34.4 Å². The number of halogens is 1. The lowest BCUT2D eigenvalue weighted by Gasteiger charge is -2.11. The molecule has 0 saturated carbocycles. The van der Waals surface area contributed by atoms with E-state index in [-0.39, 0.29) is 29.6 Å². The number of hydrogen-bond donors (Lipinski definition) is 3. The van der Waals surface area contributed by atoms with E-state index in [1.165, 1.54) is 47.1 Å². The van der Waals surface area contributed by atoms with Crippen LogP contribution in [0.25, 0.3) is 11.6 Å². The van der Waals surface area contributed by atoms with Crippen LogP contribution in [0, 0.1) is 55.4 Å². The summed E-state index contributed by atoms with van der Waals surface area (Å²) in [5.74, 6) is 0.423. The number of carboxylic acid groups (broad SMARTS) is 1. The Bertz CT molecular complexity index is 3420. The minimum Gasteiger partial charge on any atom is -0.478 e. The van der Waals surface area contributed by atoms with E-state index in [4.69, 9.17) is 31.9 Å². The molecule has 5 aromatic heterocycles. The molecule has 3 aromatic carbocycles. The molecule has 0 aliphatic carbocycles. The number of nitrogens with two attached hydrogens (primary N) is 1. The molecule has 0 aliphatic heterocycles. The van der Waals surface area contributed by atoms with Gasteiger partial charge in [0.05, 0.1) is 34.5 Å². The molecule has 0 aliphatic rings. The molecule has 0 saturated heterocycles. The van der Waals surface area contributed by atoms with Crippen molar-refractivity contribution in [3.05, 3.63) is 153 Å². The quantitative estimate of drug-likeness (QED) is 0.0644. The van der Waals surface area contributed by atoms with E-state index in [9.17, 15) is 43.2 Å². The minimum atomic E-state index is -1.30. The number of aromatic nitrogens is 11. The molecule has 4 N–H and O–H groups in total. The van der Waals surface area contributed by atoms with Gasteiger partial charge in [-0.25, -0.2) is 28.9 Å². The second kappa shape index (κ2) is 33.0. The Kier molecular flexibility index (Phi) is 27.5. The van der Waals surface area contributed by atoms with Gasteiger partial charge in [-0.2, -0.15) is 24.6 Å². The second-order valence-electron chi connectivity index (χ2n) is 17.5. The molecule has 0 spiro atoms. The predicted octanol–water partition coefficient (Wildman–Crippen LogP) is 7.42. The summed E-state index contributed by atoms with van der Waals surface area (Å²) >= 11 is 5.25. The summed E-state index contributed by atoms with van der Waals surface area (Å²) in [7, 11) is 0. The number of rotatable bonds is 11. The van der Waals surface area contributed by atoms with Crippen LogP contribution in [-0.2, 0) is 33.5 Å². The van der Waals surface area contributed by atoms with Gasteiger partial charge in [-0.15, -0.1) is 21.8 Å². The molecule has 0 radical (unpaired) electrons. The van der Waals surface area contributed by atoms with Crippen LogP contribution in [0.3, 0.4) is 0 Å². The first kappa shape index (κ1) is 67.5. The number of hydrogen-bond acceptors (Lipinski definition) is 20. The number of nitrogens with one attached hydrogen (secondary N) is 1. The number of Topliss-reactive ketones (excluding diaryl/α,β-unsaturated/α-hetero) is 6. The van der Waals surface area contributed by atoms with Crippen molar-refractivity contribution in [3.63, 3.8) is 0 Å². The number of carbonyl (C=O) groups excluding carboxylic acids is 8. The molecule has 0 bridgehead atoms. The fourth-order valence-electron chi connectivity index (χ4n) is 6.27. The van der Waals surface area contributed by atoms with E-state index < -0.39 is 41.0 Å². The monoisotopic (exact) mass is 1130 g/mol. The van der Waals surface area contributed by atoms with Crippen molar-refractivity contribution in [2.45, 2.75) is 115 Å². The molecule has 0 fully saturated rings. The number of carbonyl (C=O) groups is 9. The molecule has 0 unspecified atom stereocenters. The van der Waals surface area contributed by atoms with E-state index in [1.54, 1.807) is 115 Å². The minimum absolute atomic E-state index is 0.0625. The molecule has 24 nitrogen and oxygen atoms in total. The van der Waals surface area contributed by atoms with Crippen LogP contribution in [0.5, 0.6) is 5.75 Å². The number of alkyl halides is 1. The number of anilines is 1. The number of nitrogens with zero attached hydrogens (tertiary/aromatic N) is 10. The van der Waals surface area contributed by atoms with Crippen LogP contribution in [0.4, 0.5) is 5.95 Å². The summed E-state index contributed by atoms with van der Waals surface area (Å²) in [6.07, 6.45) is -1.22. The van der Waals surface area contributed by atoms with Crippen molar-refractivity contribution in [3.8, 4) is 5.75 Å². The molecule has 5 heterocycles. The van der Waals surface area contributed by atoms with Crippen LogP contribution in [0.2, 0.25) is 0 Å². The van der Waals surface area contributed by atoms with E-state index in [0.29, 0.717) is 57.2 Å². The number of esters is 2. The smallest absolute Gasteiger partial charge is 0.343 e. The summed E-state index contributed by atoms with van der Waals surface area (Å²) in [4.78, 5) is 117. The number of aryl methyl sites for hydroxylation is 7. The Balaban J connectivity index is 0.000000337. The number of aromatic carboxylic acids is 1. The largest absolute Gasteiger partial charge is 0.478 e. The maximum absolute atomic E-state index is 12.2. The van der Waals surface area contributed by atoms with Gasteiger partial charge in [0.15, 0.2) is 28.9 Å². The summed E-state index contributed by atoms with van der Waals surface area (Å²) in [5.41, 5.74) is 10.9. The zero-order valence-electron chi connectivity index (χ0n) is 47.4. The lowest BCUT2D eigenvalue weighted by molar-refractivity contribution is -0.137. The van der Waals surface area contributed by atoms with Crippen molar-refractivity contribution in [1.29, 1.82) is 0 Å². The van der Waals surface area contributed by atoms with E-state index in [0.717, 1.165) is 23.0 Å². The van der Waals surface area contributed by atoms with Gasteiger partial charge in [0.25, 0.3) is 11.6 Å². The number of H-pyrrole nitrogens is 1. The lowest BCUT2D eigenvalue weighted by atomic mass is 10.2. The third kappa shape index (κ3) is 23.1. The van der Waals surface area contributed by atoms with Crippen LogP contribution < -0.4 is 10.5 Å². The Morgan fingerprint density at radius 2 is 0.963 bits per heavy atom. The van der Waals surface area contributed by atoms with Crippen LogP contribution in [0.15, 0.2) is 91.0 Å². The third-order valence-corrected chi connectivity index (χ3v) is 10.9. The molecule has 0 atom stereocenters. The predicted molar refractivity (Wildman–Crippen MR) is 299 cm³/mol. The van der Waals surface area contributed by atoms with E-state index in [1.807, 2.05) is 40.7 Å². The summed E-state index contributed by atoms with van der Waals surface area (Å²) in [6, 6.07) is 25.3. The normalized spacial score (nSPS) is 9.99. The number of ketones is 6. The van der Waals surface area contributed by atoms with Gasteiger partial charge in [-0.3, -0.25) is 33.9 Å². The SMILES string of the molecule is CC(=O)C(Cl)C(C)=O.CC(=O)C(OC(=O)c1ccccc1)C(C)=O.CC(=O)CC(C)=O.Cc1nc(N)n[nH]1.Cc1nc2nc(C)c(C)c(C)n2n1.Cc1nc2nc(C)c(OC(=O)c3ccccc3)c(C)n2n1.O=C(O)c1ccccc1. The average Bonchev–Trinajstić information content (AvgIpc) is 4.19. The van der Waals surface area contributed by atoms with Gasteiger partial charge in [0, 0.05) is 11.4 Å². The highest BCUT2D eigenvalue weighted by Gasteiger charge is 2.24. The second-order valence-corrected chi connectivity index (χ2v) is 17.9. The first-order valence-electron chi connectivity index (χ1n) is 24.4. The number of aromatic amines is 1. The van der Waals surface area contributed by atoms with Gasteiger partial charge in [-0.1, -0.05) is 54.6 Å². The third-order valence-electron chi connectivity index (χ3n) is 10.3. The maximum Gasteiger partial charge on any atom is 0.343 e.